The molecule has 16 heavy (non-hydrogen) atoms. The van der Waals surface area contributed by atoms with Gasteiger partial charge in [-0.25, -0.2) is 8.78 Å². The Bertz CT molecular complexity index is 358. The fourth-order valence-corrected chi connectivity index (χ4v) is 2.11. The maximum absolute atomic E-state index is 13.6. The molecule has 90 valence electrons. The Balaban J connectivity index is 0.00000128. The van der Waals surface area contributed by atoms with E-state index in [1.807, 2.05) is 0 Å². The van der Waals surface area contributed by atoms with E-state index >= 15 is 0 Å². The number of hydrogen-bond donors (Lipinski definition) is 1. The summed E-state index contributed by atoms with van der Waals surface area (Å²) >= 11 is 5.78. The molecule has 1 atom stereocenters. The highest BCUT2D eigenvalue weighted by Crippen LogP contribution is 2.38. The third-order valence-electron chi connectivity index (χ3n) is 2.64. The Kier molecular flexibility index (Phi) is 4.53. The van der Waals surface area contributed by atoms with Crippen molar-refractivity contribution in [2.75, 3.05) is 6.54 Å². The van der Waals surface area contributed by atoms with Gasteiger partial charge in [0, 0.05) is 11.4 Å². The highest BCUT2D eigenvalue weighted by Gasteiger charge is 2.42. The quantitative estimate of drug-likeness (QED) is 0.816. The van der Waals surface area contributed by atoms with Crippen molar-refractivity contribution in [3.8, 4) is 0 Å². The first kappa shape index (κ1) is 13.7. The molecule has 5 heteroatoms. The van der Waals surface area contributed by atoms with Gasteiger partial charge in [-0.15, -0.1) is 12.4 Å². The van der Waals surface area contributed by atoms with Gasteiger partial charge in [-0.3, -0.25) is 0 Å². The molecule has 1 aliphatic rings. The van der Waals surface area contributed by atoms with Gasteiger partial charge in [0.1, 0.15) is 0 Å². The molecule has 0 aliphatic carbocycles. The number of hydrogen-bond acceptors (Lipinski definition) is 1. The van der Waals surface area contributed by atoms with Crippen LogP contribution in [0.4, 0.5) is 8.78 Å². The number of rotatable bonds is 1. The minimum Gasteiger partial charge on any atom is -0.305 e. The van der Waals surface area contributed by atoms with Gasteiger partial charge in [-0.05, 0) is 30.7 Å². The Labute approximate surface area is 105 Å². The molecule has 0 bridgehead atoms. The summed E-state index contributed by atoms with van der Waals surface area (Å²) < 4.78 is 27.2. The zero-order valence-corrected chi connectivity index (χ0v) is 10.1. The van der Waals surface area contributed by atoms with E-state index in [0.717, 1.165) is 0 Å². The second kappa shape index (κ2) is 5.30. The van der Waals surface area contributed by atoms with Gasteiger partial charge in [0.2, 0.25) is 0 Å². The molecule has 0 spiro atoms. The van der Waals surface area contributed by atoms with Crippen LogP contribution in [0.3, 0.4) is 0 Å². The van der Waals surface area contributed by atoms with Gasteiger partial charge in [0.25, 0.3) is 5.92 Å². The van der Waals surface area contributed by atoms with Crippen LogP contribution in [0.2, 0.25) is 5.02 Å². The zero-order valence-electron chi connectivity index (χ0n) is 8.55. The average molecular weight is 268 g/mol. The standard InChI is InChI=1S/C11H12ClF2N.ClH/c12-9-4-1-3-8(7-9)10-11(13,14)5-2-6-15-10;/h1,3-4,7,10,15H,2,5-6H2;1H. The lowest BCUT2D eigenvalue weighted by molar-refractivity contribution is -0.0619. The van der Waals surface area contributed by atoms with Gasteiger partial charge in [-0.1, -0.05) is 23.7 Å². The molecule has 1 aromatic rings. The first-order chi connectivity index (χ1) is 7.09. The van der Waals surface area contributed by atoms with Gasteiger partial charge in [-0.2, -0.15) is 0 Å². The minimum atomic E-state index is -2.68. The molecule has 1 nitrogen and oxygen atoms in total. The van der Waals surface area contributed by atoms with E-state index in [2.05, 4.69) is 5.32 Å². The van der Waals surface area contributed by atoms with Crippen LogP contribution in [0.5, 0.6) is 0 Å². The van der Waals surface area contributed by atoms with Crippen LogP contribution in [0.1, 0.15) is 24.4 Å². The minimum absolute atomic E-state index is 0. The van der Waals surface area contributed by atoms with Crippen molar-refractivity contribution >= 4 is 24.0 Å². The van der Waals surface area contributed by atoms with Crippen molar-refractivity contribution in [3.63, 3.8) is 0 Å². The predicted molar refractivity (Wildman–Crippen MR) is 63.6 cm³/mol. The van der Waals surface area contributed by atoms with Gasteiger partial charge >= 0.3 is 0 Å². The Morgan fingerprint density at radius 3 is 2.75 bits per heavy atom. The molecular formula is C11H13Cl2F2N. The van der Waals surface area contributed by atoms with Gasteiger partial charge in [0.15, 0.2) is 0 Å². The zero-order chi connectivity index (χ0) is 10.9. The Morgan fingerprint density at radius 1 is 1.38 bits per heavy atom. The van der Waals surface area contributed by atoms with Crippen LogP contribution in [-0.2, 0) is 0 Å². The van der Waals surface area contributed by atoms with Crippen LogP contribution in [0, 0.1) is 0 Å². The first-order valence-corrected chi connectivity index (χ1v) is 5.34. The van der Waals surface area contributed by atoms with E-state index in [0.29, 0.717) is 23.6 Å². The molecule has 1 aromatic carbocycles. The SMILES string of the molecule is Cl.FC1(F)CCCNC1c1cccc(Cl)c1. The van der Waals surface area contributed by atoms with E-state index in [1.165, 1.54) is 0 Å². The summed E-state index contributed by atoms with van der Waals surface area (Å²) in [6.07, 6.45) is 0.460. The van der Waals surface area contributed by atoms with Gasteiger partial charge < -0.3 is 5.32 Å². The highest BCUT2D eigenvalue weighted by molar-refractivity contribution is 6.30. The highest BCUT2D eigenvalue weighted by atomic mass is 35.5. The lowest BCUT2D eigenvalue weighted by Gasteiger charge is -2.32. The number of halogens is 4. The maximum atomic E-state index is 13.6. The second-order valence-electron chi connectivity index (χ2n) is 3.81. The molecule has 1 fully saturated rings. The van der Waals surface area contributed by atoms with E-state index in [-0.39, 0.29) is 18.8 Å². The molecule has 1 unspecified atom stereocenters. The summed E-state index contributed by atoms with van der Waals surface area (Å²) in [4.78, 5) is 0. The summed E-state index contributed by atoms with van der Waals surface area (Å²) in [6.45, 7) is 0.632. The summed E-state index contributed by atoms with van der Waals surface area (Å²) in [5, 5.41) is 3.34. The maximum Gasteiger partial charge on any atom is 0.267 e. The van der Waals surface area contributed by atoms with E-state index in [9.17, 15) is 8.78 Å². The van der Waals surface area contributed by atoms with Crippen LogP contribution in [-0.4, -0.2) is 12.5 Å². The average Bonchev–Trinajstić information content (AvgIpc) is 2.17. The first-order valence-electron chi connectivity index (χ1n) is 4.96. The van der Waals surface area contributed by atoms with Crippen LogP contribution >= 0.6 is 24.0 Å². The molecule has 2 rings (SSSR count). The summed E-state index contributed by atoms with van der Waals surface area (Å²) in [5.41, 5.74) is 0.562. The third-order valence-corrected chi connectivity index (χ3v) is 2.87. The van der Waals surface area contributed by atoms with Crippen molar-refractivity contribution in [3.05, 3.63) is 34.9 Å². The number of alkyl halides is 2. The normalized spacial score (nSPS) is 23.6. The van der Waals surface area contributed by atoms with E-state index in [1.54, 1.807) is 24.3 Å². The molecule has 1 N–H and O–H groups in total. The van der Waals surface area contributed by atoms with Crippen LogP contribution in [0.25, 0.3) is 0 Å². The molecular weight excluding hydrogens is 255 g/mol. The summed E-state index contributed by atoms with van der Waals surface area (Å²) in [7, 11) is 0. The number of piperidine rings is 1. The van der Waals surface area contributed by atoms with Crippen molar-refractivity contribution in [2.24, 2.45) is 0 Å². The van der Waals surface area contributed by atoms with E-state index in [4.69, 9.17) is 11.6 Å². The topological polar surface area (TPSA) is 12.0 Å². The lowest BCUT2D eigenvalue weighted by atomic mass is 9.94. The summed E-state index contributed by atoms with van der Waals surface area (Å²) in [5.74, 6) is -2.68. The lowest BCUT2D eigenvalue weighted by Crippen LogP contribution is -2.42. The largest absolute Gasteiger partial charge is 0.305 e. The molecule has 1 aliphatic heterocycles. The molecule has 0 aromatic heterocycles. The third kappa shape index (κ3) is 2.84. The van der Waals surface area contributed by atoms with Crippen LogP contribution in [0.15, 0.2) is 24.3 Å². The summed E-state index contributed by atoms with van der Waals surface area (Å²) in [6, 6.07) is 5.77. The van der Waals surface area contributed by atoms with Crippen molar-refractivity contribution in [1.82, 2.24) is 5.32 Å². The predicted octanol–water partition coefficient (Wildman–Crippen LogP) is 3.82. The molecule has 1 saturated heterocycles. The van der Waals surface area contributed by atoms with Crippen molar-refractivity contribution in [1.29, 1.82) is 0 Å². The molecule has 0 radical (unpaired) electrons. The Hall–Kier alpha value is -0.380. The molecule has 0 saturated carbocycles. The second-order valence-corrected chi connectivity index (χ2v) is 4.24. The van der Waals surface area contributed by atoms with E-state index < -0.39 is 12.0 Å². The van der Waals surface area contributed by atoms with Crippen molar-refractivity contribution < 1.29 is 8.78 Å². The molecule has 1 heterocycles. The number of benzene rings is 1. The van der Waals surface area contributed by atoms with Gasteiger partial charge in [0.05, 0.1) is 6.04 Å². The fourth-order valence-electron chi connectivity index (χ4n) is 1.91. The Morgan fingerprint density at radius 2 is 2.12 bits per heavy atom. The molecule has 0 amide bonds. The monoisotopic (exact) mass is 267 g/mol. The smallest absolute Gasteiger partial charge is 0.267 e. The number of nitrogens with one attached hydrogen (secondary N) is 1. The van der Waals surface area contributed by atoms with Crippen molar-refractivity contribution in [2.45, 2.75) is 24.8 Å². The fraction of sp³-hybridized carbons (Fsp3) is 0.455. The van der Waals surface area contributed by atoms with Crippen LogP contribution < -0.4 is 5.32 Å².